The molecule has 0 bridgehead atoms. The Morgan fingerprint density at radius 2 is 2.06 bits per heavy atom. The first kappa shape index (κ1) is 11.7. The highest BCUT2D eigenvalue weighted by molar-refractivity contribution is 9.10. The van der Waals surface area contributed by atoms with Gasteiger partial charge in [0.25, 0.3) is 10.2 Å². The topological polar surface area (TPSA) is 84.2 Å². The lowest BCUT2D eigenvalue weighted by Crippen LogP contribution is -2.31. The summed E-state index contributed by atoms with van der Waals surface area (Å²) in [7, 11) is -3.48. The first-order valence-corrected chi connectivity index (χ1v) is 7.09. The number of nitrogen functional groups attached to an aromatic ring is 1. The number of benzene rings is 1. The number of nitrogens with one attached hydrogen (secondary N) is 2. The van der Waals surface area contributed by atoms with Crippen molar-refractivity contribution in [2.45, 2.75) is 18.9 Å². The molecule has 0 saturated heterocycles. The minimum Gasteiger partial charge on any atom is -0.399 e. The minimum absolute atomic E-state index is 0.0880. The quantitative estimate of drug-likeness (QED) is 0.736. The highest BCUT2D eigenvalue weighted by Crippen LogP contribution is 2.26. The molecule has 0 unspecified atom stereocenters. The number of hydrogen-bond acceptors (Lipinski definition) is 3. The molecule has 0 atom stereocenters. The number of nitrogens with two attached hydrogens (primary N) is 1. The van der Waals surface area contributed by atoms with Gasteiger partial charge >= 0.3 is 0 Å². The Labute approximate surface area is 103 Å². The van der Waals surface area contributed by atoms with E-state index in [2.05, 4.69) is 25.4 Å². The van der Waals surface area contributed by atoms with Crippen LogP contribution in [-0.2, 0) is 10.2 Å². The van der Waals surface area contributed by atoms with Crippen LogP contribution in [0.4, 0.5) is 11.4 Å². The zero-order valence-corrected chi connectivity index (χ0v) is 10.8. The van der Waals surface area contributed by atoms with Gasteiger partial charge in [-0.25, -0.2) is 0 Å². The van der Waals surface area contributed by atoms with E-state index in [0.29, 0.717) is 15.8 Å². The van der Waals surface area contributed by atoms with Crippen molar-refractivity contribution in [1.82, 2.24) is 4.72 Å². The van der Waals surface area contributed by atoms with Crippen molar-refractivity contribution < 1.29 is 8.42 Å². The third kappa shape index (κ3) is 3.10. The smallest absolute Gasteiger partial charge is 0.299 e. The van der Waals surface area contributed by atoms with Crippen molar-refractivity contribution in [3.05, 3.63) is 22.7 Å². The van der Waals surface area contributed by atoms with E-state index in [1.54, 1.807) is 18.2 Å². The fourth-order valence-electron chi connectivity index (χ4n) is 1.21. The van der Waals surface area contributed by atoms with Crippen LogP contribution in [0, 0.1) is 0 Å². The zero-order chi connectivity index (χ0) is 11.8. The zero-order valence-electron chi connectivity index (χ0n) is 8.40. The van der Waals surface area contributed by atoms with Crippen molar-refractivity contribution in [3.63, 3.8) is 0 Å². The molecule has 7 heteroatoms. The Morgan fingerprint density at radius 1 is 1.38 bits per heavy atom. The summed E-state index contributed by atoms with van der Waals surface area (Å²) in [5.41, 5.74) is 6.61. The molecule has 0 amide bonds. The Bertz CT molecular complexity index is 499. The van der Waals surface area contributed by atoms with E-state index in [0.717, 1.165) is 12.8 Å². The highest BCUT2D eigenvalue weighted by atomic mass is 79.9. The molecule has 1 aliphatic carbocycles. The first-order chi connectivity index (χ1) is 7.46. The SMILES string of the molecule is Nc1ccc(NS(=O)(=O)NC2CC2)c(Br)c1. The lowest BCUT2D eigenvalue weighted by molar-refractivity contribution is 0.586. The molecule has 0 aromatic heterocycles. The van der Waals surface area contributed by atoms with Gasteiger partial charge in [0, 0.05) is 16.2 Å². The van der Waals surface area contributed by atoms with Crippen molar-refractivity contribution in [3.8, 4) is 0 Å². The van der Waals surface area contributed by atoms with Gasteiger partial charge in [-0.05, 0) is 47.0 Å². The standard InChI is InChI=1S/C9H12BrN3O2S/c10-8-5-6(11)1-4-9(8)13-16(14,15)12-7-2-3-7/h1,4-5,7,12-13H,2-3,11H2. The molecule has 0 radical (unpaired) electrons. The van der Waals surface area contributed by atoms with Crippen LogP contribution >= 0.6 is 15.9 Å². The van der Waals surface area contributed by atoms with Gasteiger partial charge in [-0.3, -0.25) is 4.72 Å². The summed E-state index contributed by atoms with van der Waals surface area (Å²) in [6.45, 7) is 0. The number of rotatable bonds is 4. The second-order valence-electron chi connectivity index (χ2n) is 3.74. The molecule has 1 aliphatic rings. The number of hydrogen-bond donors (Lipinski definition) is 3. The van der Waals surface area contributed by atoms with E-state index < -0.39 is 10.2 Å². The van der Waals surface area contributed by atoms with Crippen molar-refractivity contribution in [2.24, 2.45) is 0 Å². The van der Waals surface area contributed by atoms with E-state index in [1.807, 2.05) is 0 Å². The minimum atomic E-state index is -3.48. The maximum Gasteiger partial charge on any atom is 0.299 e. The second-order valence-corrected chi connectivity index (χ2v) is 6.04. The molecule has 16 heavy (non-hydrogen) atoms. The van der Waals surface area contributed by atoms with Crippen LogP contribution in [0.15, 0.2) is 22.7 Å². The third-order valence-corrected chi connectivity index (χ3v) is 3.92. The average Bonchev–Trinajstić information content (AvgIpc) is 2.93. The van der Waals surface area contributed by atoms with Gasteiger partial charge in [0.2, 0.25) is 0 Å². The summed E-state index contributed by atoms with van der Waals surface area (Å²) >= 11 is 3.25. The molecule has 88 valence electrons. The van der Waals surface area contributed by atoms with Gasteiger partial charge < -0.3 is 5.73 Å². The second kappa shape index (κ2) is 4.23. The van der Waals surface area contributed by atoms with E-state index in [4.69, 9.17) is 5.73 Å². The molecule has 1 aromatic carbocycles. The molecular formula is C9H12BrN3O2S. The lowest BCUT2D eigenvalue weighted by Gasteiger charge is -2.10. The van der Waals surface area contributed by atoms with Crippen molar-refractivity contribution in [2.75, 3.05) is 10.5 Å². The molecule has 5 nitrogen and oxygen atoms in total. The van der Waals surface area contributed by atoms with Gasteiger partial charge in [0.15, 0.2) is 0 Å². The van der Waals surface area contributed by atoms with Crippen LogP contribution in [-0.4, -0.2) is 14.5 Å². The van der Waals surface area contributed by atoms with Gasteiger partial charge in [-0.1, -0.05) is 0 Å². The highest BCUT2D eigenvalue weighted by Gasteiger charge is 2.27. The Morgan fingerprint density at radius 3 is 2.62 bits per heavy atom. The summed E-state index contributed by atoms with van der Waals surface area (Å²) in [5.74, 6) is 0. The molecule has 2 rings (SSSR count). The molecule has 0 heterocycles. The molecular weight excluding hydrogens is 294 g/mol. The fraction of sp³-hybridized carbons (Fsp3) is 0.333. The van der Waals surface area contributed by atoms with Gasteiger partial charge in [0.05, 0.1) is 5.69 Å². The average molecular weight is 306 g/mol. The van der Waals surface area contributed by atoms with E-state index in [-0.39, 0.29) is 6.04 Å². The van der Waals surface area contributed by atoms with Crippen molar-refractivity contribution in [1.29, 1.82) is 0 Å². The molecule has 1 aromatic rings. The van der Waals surface area contributed by atoms with Crippen LogP contribution < -0.4 is 15.2 Å². The summed E-state index contributed by atoms with van der Waals surface area (Å²) in [6, 6.07) is 4.99. The summed E-state index contributed by atoms with van der Waals surface area (Å²) in [5, 5.41) is 0. The van der Waals surface area contributed by atoms with Gasteiger partial charge in [-0.2, -0.15) is 13.1 Å². The van der Waals surface area contributed by atoms with Crippen molar-refractivity contribution >= 4 is 37.5 Å². The monoisotopic (exact) mass is 305 g/mol. The lowest BCUT2D eigenvalue weighted by atomic mass is 10.3. The Balaban J connectivity index is 2.13. The van der Waals surface area contributed by atoms with E-state index >= 15 is 0 Å². The summed E-state index contributed by atoms with van der Waals surface area (Å²) in [4.78, 5) is 0. The Hall–Kier alpha value is -0.790. The van der Waals surface area contributed by atoms with E-state index in [9.17, 15) is 8.42 Å². The number of halogens is 1. The summed E-state index contributed by atoms with van der Waals surface area (Å²) < 4.78 is 28.8. The largest absolute Gasteiger partial charge is 0.399 e. The van der Waals surface area contributed by atoms with E-state index in [1.165, 1.54) is 0 Å². The number of anilines is 2. The van der Waals surface area contributed by atoms with Crippen LogP contribution in [0.2, 0.25) is 0 Å². The maximum atomic E-state index is 11.6. The molecule has 4 N–H and O–H groups in total. The fourth-order valence-corrected chi connectivity index (χ4v) is 3.04. The predicted octanol–water partition coefficient (Wildman–Crippen LogP) is 1.44. The molecule has 1 fully saturated rings. The van der Waals surface area contributed by atoms with Gasteiger partial charge in [0.1, 0.15) is 0 Å². The summed E-state index contributed by atoms with van der Waals surface area (Å²) in [6.07, 6.45) is 1.81. The van der Waals surface area contributed by atoms with Crippen LogP contribution in [0.25, 0.3) is 0 Å². The normalized spacial score (nSPS) is 16.1. The molecule has 0 aliphatic heterocycles. The van der Waals surface area contributed by atoms with Crippen LogP contribution in [0.1, 0.15) is 12.8 Å². The predicted molar refractivity (Wildman–Crippen MR) is 67.3 cm³/mol. The van der Waals surface area contributed by atoms with Crippen LogP contribution in [0.3, 0.4) is 0 Å². The van der Waals surface area contributed by atoms with Crippen LogP contribution in [0.5, 0.6) is 0 Å². The first-order valence-electron chi connectivity index (χ1n) is 4.81. The Kier molecular flexibility index (Phi) is 3.09. The molecule has 1 saturated carbocycles. The molecule has 0 spiro atoms. The maximum absolute atomic E-state index is 11.6. The third-order valence-electron chi connectivity index (χ3n) is 2.14. The van der Waals surface area contributed by atoms with Gasteiger partial charge in [-0.15, -0.1) is 0 Å².